The summed E-state index contributed by atoms with van der Waals surface area (Å²) >= 11 is 0. The highest BCUT2D eigenvalue weighted by molar-refractivity contribution is 5.97. The van der Waals surface area contributed by atoms with E-state index in [1.807, 2.05) is 41.3 Å². The van der Waals surface area contributed by atoms with E-state index in [-0.39, 0.29) is 5.91 Å². The molecule has 0 saturated carbocycles. The first-order valence-electron chi connectivity index (χ1n) is 10.2. The van der Waals surface area contributed by atoms with Gasteiger partial charge in [-0.1, -0.05) is 24.3 Å². The average Bonchev–Trinajstić information content (AvgIpc) is 2.80. The average molecular weight is 402 g/mol. The molecule has 1 fully saturated rings. The van der Waals surface area contributed by atoms with E-state index in [0.29, 0.717) is 24.4 Å². The molecule has 2 aromatic carbocycles. The van der Waals surface area contributed by atoms with Crippen LogP contribution in [0.5, 0.6) is 5.75 Å². The maximum atomic E-state index is 12.9. The Morgan fingerprint density at radius 2 is 1.67 bits per heavy atom. The Bertz CT molecular complexity index is 1040. The van der Waals surface area contributed by atoms with Crippen LogP contribution in [0.2, 0.25) is 0 Å². The van der Waals surface area contributed by atoms with Gasteiger partial charge in [0.2, 0.25) is 0 Å². The highest BCUT2D eigenvalue weighted by Gasteiger charge is 2.24. The topological polar surface area (TPSA) is 58.6 Å². The normalized spacial score (nSPS) is 14.0. The van der Waals surface area contributed by atoms with E-state index >= 15 is 0 Å². The van der Waals surface area contributed by atoms with Gasteiger partial charge in [0, 0.05) is 31.7 Å². The molecule has 6 heteroatoms. The Morgan fingerprint density at radius 3 is 2.33 bits per heavy atom. The standard InChI is InChI=1S/C24H26N4O2/c1-17-8-9-19(16-18(17)2)21-10-11-23(26-25-21)27-12-14-28(15-13-27)24(29)20-6-4-5-7-22(20)30-3/h4-11,16H,12-15H2,1-3H3. The number of carbonyl (C=O) groups excluding carboxylic acids is 1. The van der Waals surface area contributed by atoms with Crippen LogP contribution in [0.15, 0.2) is 54.6 Å². The van der Waals surface area contributed by atoms with E-state index in [1.165, 1.54) is 11.1 Å². The van der Waals surface area contributed by atoms with Gasteiger partial charge >= 0.3 is 0 Å². The van der Waals surface area contributed by atoms with Gasteiger partial charge in [-0.3, -0.25) is 4.79 Å². The molecule has 1 amide bonds. The predicted octanol–water partition coefficient (Wildman–Crippen LogP) is 3.73. The summed E-state index contributed by atoms with van der Waals surface area (Å²) in [5.41, 5.74) is 5.06. The Hall–Kier alpha value is -3.41. The fourth-order valence-electron chi connectivity index (χ4n) is 3.68. The zero-order valence-corrected chi connectivity index (χ0v) is 17.6. The maximum Gasteiger partial charge on any atom is 0.257 e. The van der Waals surface area contributed by atoms with Crippen molar-refractivity contribution in [1.82, 2.24) is 15.1 Å². The molecule has 6 nitrogen and oxygen atoms in total. The zero-order chi connectivity index (χ0) is 21.1. The van der Waals surface area contributed by atoms with Crippen molar-refractivity contribution in [3.63, 3.8) is 0 Å². The molecule has 4 rings (SSSR count). The van der Waals surface area contributed by atoms with E-state index in [0.717, 1.165) is 30.2 Å². The number of para-hydroxylation sites is 1. The largest absolute Gasteiger partial charge is 0.496 e. The van der Waals surface area contributed by atoms with Crippen LogP contribution in [0.4, 0.5) is 5.82 Å². The van der Waals surface area contributed by atoms with Crippen molar-refractivity contribution in [3.05, 3.63) is 71.3 Å². The molecule has 2 heterocycles. The SMILES string of the molecule is COc1ccccc1C(=O)N1CCN(c2ccc(-c3ccc(C)c(C)c3)nn2)CC1. The van der Waals surface area contributed by atoms with Crippen LogP contribution in [0.25, 0.3) is 11.3 Å². The smallest absolute Gasteiger partial charge is 0.257 e. The van der Waals surface area contributed by atoms with Crippen LogP contribution in [0, 0.1) is 13.8 Å². The molecule has 154 valence electrons. The zero-order valence-electron chi connectivity index (χ0n) is 17.6. The number of benzene rings is 2. The molecule has 1 aliphatic rings. The van der Waals surface area contributed by atoms with Crippen molar-refractivity contribution in [3.8, 4) is 17.0 Å². The van der Waals surface area contributed by atoms with Gasteiger partial charge in [0.15, 0.2) is 5.82 Å². The van der Waals surface area contributed by atoms with Gasteiger partial charge in [0.25, 0.3) is 5.91 Å². The number of ether oxygens (including phenoxy) is 1. The summed E-state index contributed by atoms with van der Waals surface area (Å²) in [4.78, 5) is 16.9. The first kappa shape index (κ1) is 19.9. The Labute approximate surface area is 177 Å². The van der Waals surface area contributed by atoms with E-state index in [4.69, 9.17) is 4.74 Å². The fourth-order valence-corrected chi connectivity index (χ4v) is 3.68. The first-order chi connectivity index (χ1) is 14.6. The van der Waals surface area contributed by atoms with Gasteiger partial charge < -0.3 is 14.5 Å². The van der Waals surface area contributed by atoms with Gasteiger partial charge in [0.05, 0.1) is 18.4 Å². The second kappa shape index (κ2) is 8.53. The van der Waals surface area contributed by atoms with E-state index in [9.17, 15) is 4.79 Å². The minimum absolute atomic E-state index is 0.00303. The van der Waals surface area contributed by atoms with Crippen molar-refractivity contribution in [2.75, 3.05) is 38.2 Å². The number of hydrogen-bond donors (Lipinski definition) is 0. The quantitative estimate of drug-likeness (QED) is 0.666. The molecule has 1 aromatic heterocycles. The molecule has 0 atom stereocenters. The van der Waals surface area contributed by atoms with E-state index in [2.05, 4.69) is 47.1 Å². The van der Waals surface area contributed by atoms with E-state index in [1.54, 1.807) is 7.11 Å². The molecule has 0 bridgehead atoms. The van der Waals surface area contributed by atoms with Crippen LogP contribution in [0.1, 0.15) is 21.5 Å². The Balaban J connectivity index is 1.41. The number of nitrogens with zero attached hydrogens (tertiary/aromatic N) is 4. The number of rotatable bonds is 4. The van der Waals surface area contributed by atoms with Crippen LogP contribution in [0.3, 0.4) is 0 Å². The monoisotopic (exact) mass is 402 g/mol. The van der Waals surface area contributed by atoms with Crippen LogP contribution in [-0.4, -0.2) is 54.3 Å². The first-order valence-corrected chi connectivity index (χ1v) is 10.2. The number of aryl methyl sites for hydroxylation is 2. The number of anilines is 1. The lowest BCUT2D eigenvalue weighted by atomic mass is 10.0. The van der Waals surface area contributed by atoms with Crippen LogP contribution in [-0.2, 0) is 0 Å². The molecular weight excluding hydrogens is 376 g/mol. The lowest BCUT2D eigenvalue weighted by Crippen LogP contribution is -2.49. The third kappa shape index (κ3) is 3.99. The molecular formula is C24H26N4O2. The molecule has 1 aliphatic heterocycles. The lowest BCUT2D eigenvalue weighted by molar-refractivity contribution is 0.0743. The molecule has 1 saturated heterocycles. The second-order valence-electron chi connectivity index (χ2n) is 7.56. The maximum absolute atomic E-state index is 12.9. The molecule has 0 N–H and O–H groups in total. The molecule has 0 unspecified atom stereocenters. The van der Waals surface area contributed by atoms with Crippen LogP contribution >= 0.6 is 0 Å². The minimum atomic E-state index is 0.00303. The van der Waals surface area contributed by atoms with Crippen molar-refractivity contribution in [1.29, 1.82) is 0 Å². The number of amides is 1. The van der Waals surface area contributed by atoms with Crippen LogP contribution < -0.4 is 9.64 Å². The molecule has 3 aromatic rings. The number of methoxy groups -OCH3 is 1. The molecule has 0 spiro atoms. The van der Waals surface area contributed by atoms with Crippen molar-refractivity contribution >= 4 is 11.7 Å². The highest BCUT2D eigenvalue weighted by Crippen LogP contribution is 2.23. The van der Waals surface area contributed by atoms with Crippen molar-refractivity contribution in [2.24, 2.45) is 0 Å². The fraction of sp³-hybridized carbons (Fsp3) is 0.292. The van der Waals surface area contributed by atoms with Gasteiger partial charge in [-0.2, -0.15) is 0 Å². The third-order valence-corrected chi connectivity index (χ3v) is 5.68. The second-order valence-corrected chi connectivity index (χ2v) is 7.56. The summed E-state index contributed by atoms with van der Waals surface area (Å²) in [6.07, 6.45) is 0. The van der Waals surface area contributed by atoms with Gasteiger partial charge in [-0.05, 0) is 55.3 Å². The number of piperazine rings is 1. The summed E-state index contributed by atoms with van der Waals surface area (Å²) in [5, 5.41) is 8.87. The van der Waals surface area contributed by atoms with E-state index < -0.39 is 0 Å². The number of carbonyl (C=O) groups is 1. The van der Waals surface area contributed by atoms with Gasteiger partial charge in [0.1, 0.15) is 5.75 Å². The molecule has 30 heavy (non-hydrogen) atoms. The van der Waals surface area contributed by atoms with Gasteiger partial charge in [-0.15, -0.1) is 10.2 Å². The minimum Gasteiger partial charge on any atom is -0.496 e. The number of hydrogen-bond acceptors (Lipinski definition) is 5. The summed E-state index contributed by atoms with van der Waals surface area (Å²) in [6, 6.07) is 17.7. The Morgan fingerprint density at radius 1 is 0.900 bits per heavy atom. The summed E-state index contributed by atoms with van der Waals surface area (Å²) in [5.74, 6) is 1.45. The molecule has 0 radical (unpaired) electrons. The third-order valence-electron chi connectivity index (χ3n) is 5.68. The Kier molecular flexibility index (Phi) is 5.65. The number of aromatic nitrogens is 2. The molecule has 0 aliphatic carbocycles. The lowest BCUT2D eigenvalue weighted by Gasteiger charge is -2.35. The van der Waals surface area contributed by atoms with Gasteiger partial charge in [-0.25, -0.2) is 0 Å². The highest BCUT2D eigenvalue weighted by atomic mass is 16.5. The van der Waals surface area contributed by atoms with Crippen molar-refractivity contribution < 1.29 is 9.53 Å². The summed E-state index contributed by atoms with van der Waals surface area (Å²) in [7, 11) is 1.59. The predicted molar refractivity (Wildman–Crippen MR) is 118 cm³/mol. The summed E-state index contributed by atoms with van der Waals surface area (Å²) in [6.45, 7) is 6.92. The van der Waals surface area contributed by atoms with Crippen molar-refractivity contribution in [2.45, 2.75) is 13.8 Å². The summed E-state index contributed by atoms with van der Waals surface area (Å²) < 4.78 is 5.33.